The van der Waals surface area contributed by atoms with Gasteiger partial charge >= 0.3 is 5.97 Å². The van der Waals surface area contributed by atoms with Gasteiger partial charge in [-0.1, -0.05) is 0 Å². The van der Waals surface area contributed by atoms with E-state index >= 15 is 0 Å². The first kappa shape index (κ1) is 19.7. The second kappa shape index (κ2) is 9.25. The van der Waals surface area contributed by atoms with Crippen LogP contribution in [0, 0.1) is 0 Å². The third kappa shape index (κ3) is 4.44. The summed E-state index contributed by atoms with van der Waals surface area (Å²) in [6, 6.07) is 1.76. The number of aromatic nitrogens is 3. The first-order chi connectivity index (χ1) is 13.7. The zero-order valence-electron chi connectivity index (χ0n) is 15.4. The van der Waals surface area contributed by atoms with Crippen LogP contribution < -0.4 is 0 Å². The number of carbonyl (C=O) groups is 1. The summed E-state index contributed by atoms with van der Waals surface area (Å²) in [5, 5.41) is 5.15. The third-order valence-corrected chi connectivity index (χ3v) is 5.23. The molecule has 0 aliphatic carbocycles. The van der Waals surface area contributed by atoms with Gasteiger partial charge in [0.1, 0.15) is 0 Å². The first-order valence-electron chi connectivity index (χ1n) is 8.05. The Morgan fingerprint density at radius 2 is 1.50 bits per heavy atom. The lowest BCUT2D eigenvalue weighted by atomic mass is 10.1. The Kier molecular flexibility index (Phi) is 6.51. The average molecular weight is 415 g/mol. The number of hydrogen-bond acceptors (Lipinski definition) is 9. The molecule has 0 radical (unpaired) electrons. The summed E-state index contributed by atoms with van der Waals surface area (Å²) in [6.45, 7) is 0. The van der Waals surface area contributed by atoms with Crippen molar-refractivity contribution in [2.24, 2.45) is 0 Å². The van der Waals surface area contributed by atoms with Gasteiger partial charge in [-0.15, -0.1) is 22.7 Å². The molecule has 0 saturated carbocycles. The number of thiazole rings is 2. The van der Waals surface area contributed by atoms with E-state index in [1.54, 1.807) is 44.8 Å². The lowest BCUT2D eigenvalue weighted by Crippen LogP contribution is -2.05. The average Bonchev–Trinajstić information content (AvgIpc) is 3.44. The lowest BCUT2D eigenvalue weighted by Gasteiger charge is -2.08. The van der Waals surface area contributed by atoms with Crippen LogP contribution in [0.1, 0.15) is 31.6 Å². The van der Waals surface area contributed by atoms with E-state index in [0.29, 0.717) is 33.3 Å². The minimum atomic E-state index is -0.490. The molecule has 0 spiro atoms. The van der Waals surface area contributed by atoms with Crippen molar-refractivity contribution in [1.82, 2.24) is 15.0 Å². The summed E-state index contributed by atoms with van der Waals surface area (Å²) >= 11 is 2.89. The zero-order chi connectivity index (χ0) is 19.9. The topological polar surface area (TPSA) is 83.4 Å². The van der Waals surface area contributed by atoms with E-state index in [0.717, 1.165) is 5.01 Å². The molecule has 0 aliphatic rings. The predicted octanol–water partition coefficient (Wildman–Crippen LogP) is 4.07. The van der Waals surface area contributed by atoms with Crippen LogP contribution in [0.15, 0.2) is 35.4 Å². The van der Waals surface area contributed by atoms with E-state index in [9.17, 15) is 4.79 Å². The zero-order valence-corrected chi connectivity index (χ0v) is 17.0. The summed E-state index contributed by atoms with van der Waals surface area (Å²) in [5.74, 6) is 0.624. The van der Waals surface area contributed by atoms with Crippen molar-refractivity contribution in [2.45, 2.75) is 0 Å². The quantitative estimate of drug-likeness (QED) is 0.425. The molecule has 3 aromatic rings. The number of pyridine rings is 1. The molecule has 0 unspecified atom stereocenters. The fourth-order valence-corrected chi connectivity index (χ4v) is 3.61. The molecule has 28 heavy (non-hydrogen) atoms. The van der Waals surface area contributed by atoms with Crippen LogP contribution in [0.4, 0.5) is 0 Å². The Hall–Kier alpha value is -3.04. The van der Waals surface area contributed by atoms with Crippen molar-refractivity contribution < 1.29 is 19.0 Å². The monoisotopic (exact) mass is 415 g/mol. The number of hydrogen-bond donors (Lipinski definition) is 0. The van der Waals surface area contributed by atoms with E-state index < -0.39 is 5.97 Å². The molecule has 144 valence electrons. The van der Waals surface area contributed by atoms with E-state index in [1.165, 1.54) is 36.0 Å². The van der Waals surface area contributed by atoms with Crippen LogP contribution in [0.5, 0.6) is 0 Å². The summed E-state index contributed by atoms with van der Waals surface area (Å²) in [7, 11) is 4.45. The largest absolute Gasteiger partial charge is 0.494 e. The number of rotatable bonds is 7. The number of methoxy groups -OCH3 is 3. The van der Waals surface area contributed by atoms with Crippen molar-refractivity contribution in [3.63, 3.8) is 0 Å². The van der Waals surface area contributed by atoms with E-state index in [1.807, 2.05) is 10.8 Å². The van der Waals surface area contributed by atoms with Crippen LogP contribution in [0.25, 0.3) is 23.7 Å². The molecular weight excluding hydrogens is 398 g/mol. The molecule has 0 atom stereocenters. The molecule has 0 amide bonds. The molecule has 3 heterocycles. The minimum Gasteiger partial charge on any atom is -0.494 e. The van der Waals surface area contributed by atoms with Gasteiger partial charge in [-0.2, -0.15) is 0 Å². The Morgan fingerprint density at radius 1 is 0.893 bits per heavy atom. The Bertz CT molecular complexity index is 996. The third-order valence-electron chi connectivity index (χ3n) is 3.65. The summed E-state index contributed by atoms with van der Waals surface area (Å²) in [4.78, 5) is 25.0. The van der Waals surface area contributed by atoms with E-state index in [-0.39, 0.29) is 0 Å². The Balaban J connectivity index is 2.08. The van der Waals surface area contributed by atoms with Gasteiger partial charge in [0.2, 0.25) is 0 Å². The normalized spacial score (nSPS) is 12.0. The Labute approximate surface area is 170 Å². The van der Waals surface area contributed by atoms with Gasteiger partial charge < -0.3 is 14.2 Å². The van der Waals surface area contributed by atoms with Gasteiger partial charge in [0.05, 0.1) is 32.6 Å². The maximum absolute atomic E-state index is 12.2. The maximum Gasteiger partial charge on any atom is 0.340 e. The molecule has 3 aromatic heterocycles. The molecule has 7 nitrogen and oxygen atoms in total. The van der Waals surface area contributed by atoms with E-state index in [2.05, 4.69) is 15.0 Å². The van der Waals surface area contributed by atoms with Crippen LogP contribution in [-0.2, 0) is 14.2 Å². The summed E-state index contributed by atoms with van der Waals surface area (Å²) in [6.07, 6.45) is 8.35. The second-order valence-corrected chi connectivity index (χ2v) is 7.08. The van der Waals surface area contributed by atoms with Gasteiger partial charge in [0.25, 0.3) is 0 Å². The second-order valence-electron chi connectivity index (χ2n) is 5.29. The molecule has 0 fully saturated rings. The number of nitrogens with zero attached hydrogens (tertiary/aromatic N) is 3. The van der Waals surface area contributed by atoms with Crippen LogP contribution in [-0.4, -0.2) is 42.3 Å². The van der Waals surface area contributed by atoms with Gasteiger partial charge in [0, 0.05) is 35.4 Å². The first-order valence-corrected chi connectivity index (χ1v) is 9.81. The highest BCUT2D eigenvalue weighted by Gasteiger charge is 2.15. The fraction of sp³-hybridized carbons (Fsp3) is 0.158. The predicted molar refractivity (Wildman–Crippen MR) is 110 cm³/mol. The molecule has 3 rings (SSSR count). The summed E-state index contributed by atoms with van der Waals surface area (Å²) < 4.78 is 15.8. The summed E-state index contributed by atoms with van der Waals surface area (Å²) in [5.41, 5.74) is 1.51. The molecular formula is C19H17N3O4S2. The highest BCUT2D eigenvalue weighted by atomic mass is 32.1. The van der Waals surface area contributed by atoms with Crippen molar-refractivity contribution in [3.05, 3.63) is 62.3 Å². The molecule has 0 aromatic carbocycles. The van der Waals surface area contributed by atoms with E-state index in [4.69, 9.17) is 14.2 Å². The van der Waals surface area contributed by atoms with Gasteiger partial charge in [-0.3, -0.25) is 4.98 Å². The van der Waals surface area contributed by atoms with Crippen molar-refractivity contribution in [2.75, 3.05) is 21.3 Å². The Morgan fingerprint density at radius 3 is 2.00 bits per heavy atom. The molecule has 0 N–H and O–H groups in total. The molecule has 9 heteroatoms. The van der Waals surface area contributed by atoms with Crippen LogP contribution in [0.2, 0.25) is 0 Å². The molecule has 0 saturated heterocycles. The standard InChI is InChI=1S/C19H17N3O4S2/c1-24-15(17-20-4-6-27-17)9-12-8-13(22-11-14(12)19(23)26-3)10-16(25-2)18-21-5-7-28-18/h4-11H,1-3H3/b15-9-,16-10-. The highest BCUT2D eigenvalue weighted by Crippen LogP contribution is 2.25. The van der Waals surface area contributed by atoms with Crippen LogP contribution >= 0.6 is 22.7 Å². The smallest absolute Gasteiger partial charge is 0.340 e. The maximum atomic E-state index is 12.2. The lowest BCUT2D eigenvalue weighted by molar-refractivity contribution is 0.0600. The minimum absolute atomic E-state index is 0.318. The fourth-order valence-electron chi connectivity index (χ4n) is 2.35. The van der Waals surface area contributed by atoms with Gasteiger partial charge in [-0.05, 0) is 17.7 Å². The van der Waals surface area contributed by atoms with Crippen molar-refractivity contribution >= 4 is 52.3 Å². The van der Waals surface area contributed by atoms with Crippen molar-refractivity contribution in [1.29, 1.82) is 0 Å². The van der Waals surface area contributed by atoms with Gasteiger partial charge in [0.15, 0.2) is 21.5 Å². The van der Waals surface area contributed by atoms with Crippen molar-refractivity contribution in [3.8, 4) is 0 Å². The number of ether oxygens (including phenoxy) is 3. The van der Waals surface area contributed by atoms with Gasteiger partial charge in [-0.25, -0.2) is 14.8 Å². The molecule has 0 aliphatic heterocycles. The molecule has 0 bridgehead atoms. The number of carbonyl (C=O) groups excluding carboxylic acids is 1. The van der Waals surface area contributed by atoms with Crippen LogP contribution in [0.3, 0.4) is 0 Å². The SMILES string of the molecule is COC(=O)c1cnc(/C=C(\OC)c2nccs2)cc1/C=C(\OC)c1nccs1. The highest BCUT2D eigenvalue weighted by molar-refractivity contribution is 7.10. The number of esters is 1.